The number of anilines is 1. The van der Waals surface area contributed by atoms with E-state index in [1.54, 1.807) is 28.5 Å². The zero-order valence-electron chi connectivity index (χ0n) is 21.1. The lowest BCUT2D eigenvalue weighted by molar-refractivity contribution is -0.133. The van der Waals surface area contributed by atoms with Crippen LogP contribution >= 0.6 is 0 Å². The topological polar surface area (TPSA) is 96.3 Å². The number of hydrogen-bond acceptors (Lipinski definition) is 4. The Balaban J connectivity index is 1.37. The van der Waals surface area contributed by atoms with Crippen molar-refractivity contribution in [3.8, 4) is 0 Å². The Morgan fingerprint density at radius 1 is 1.11 bits per heavy atom. The van der Waals surface area contributed by atoms with Gasteiger partial charge in [0.25, 0.3) is 11.8 Å². The van der Waals surface area contributed by atoms with Gasteiger partial charge < -0.3 is 20.1 Å². The largest absolute Gasteiger partial charge is 0.350 e. The van der Waals surface area contributed by atoms with E-state index in [1.165, 1.54) is 18.5 Å². The molecule has 0 radical (unpaired) electrons. The van der Waals surface area contributed by atoms with Crippen molar-refractivity contribution in [2.24, 2.45) is 0 Å². The number of benzene rings is 2. The Kier molecular flexibility index (Phi) is 6.31. The first-order valence-corrected chi connectivity index (χ1v) is 12.5. The van der Waals surface area contributed by atoms with E-state index >= 15 is 0 Å². The number of carbonyl (C=O) groups is 3. The van der Waals surface area contributed by atoms with Crippen molar-refractivity contribution in [3.63, 3.8) is 0 Å². The molecule has 2 aliphatic rings. The number of amides is 3. The Labute approximate surface area is 214 Å². The number of nitrogens with zero attached hydrogens (tertiary/aromatic N) is 3. The summed E-state index contributed by atoms with van der Waals surface area (Å²) in [5.41, 5.74) is 1.59. The predicted octanol–water partition coefficient (Wildman–Crippen LogP) is 4.09. The zero-order valence-corrected chi connectivity index (χ0v) is 21.1. The van der Waals surface area contributed by atoms with Crippen LogP contribution in [0.4, 0.5) is 10.1 Å². The van der Waals surface area contributed by atoms with Crippen LogP contribution in [0.5, 0.6) is 0 Å². The summed E-state index contributed by atoms with van der Waals surface area (Å²) in [5.74, 6) is -1.14. The van der Waals surface area contributed by atoms with Gasteiger partial charge in [-0.25, -0.2) is 9.37 Å². The third-order valence-corrected chi connectivity index (χ3v) is 7.09. The van der Waals surface area contributed by atoms with Crippen LogP contribution in [0, 0.1) is 5.82 Å². The Morgan fingerprint density at radius 2 is 1.78 bits per heavy atom. The van der Waals surface area contributed by atoms with Crippen molar-refractivity contribution in [1.29, 1.82) is 0 Å². The van der Waals surface area contributed by atoms with Crippen LogP contribution in [0.3, 0.4) is 0 Å². The van der Waals surface area contributed by atoms with Gasteiger partial charge in [-0.05, 0) is 61.1 Å². The van der Waals surface area contributed by atoms with Crippen molar-refractivity contribution in [2.45, 2.75) is 64.2 Å². The normalized spacial score (nSPS) is 19.1. The minimum atomic E-state index is -1.16. The fraction of sp³-hybridized carbons (Fsp3) is 0.357. The molecule has 5 rings (SSSR count). The molecule has 3 aromatic rings. The second-order valence-corrected chi connectivity index (χ2v) is 10.3. The van der Waals surface area contributed by atoms with Crippen LogP contribution < -0.4 is 10.6 Å². The first-order valence-electron chi connectivity index (χ1n) is 12.5. The van der Waals surface area contributed by atoms with Gasteiger partial charge in [-0.3, -0.25) is 14.4 Å². The third-order valence-electron chi connectivity index (χ3n) is 7.09. The van der Waals surface area contributed by atoms with Gasteiger partial charge in [-0.2, -0.15) is 0 Å². The summed E-state index contributed by atoms with van der Waals surface area (Å²) < 4.78 is 14.8. The highest BCUT2D eigenvalue weighted by Gasteiger charge is 2.53. The molecule has 1 aliphatic heterocycles. The van der Waals surface area contributed by atoms with E-state index < -0.39 is 11.4 Å². The first kappa shape index (κ1) is 24.7. The molecule has 2 N–H and O–H groups in total. The molecule has 0 saturated heterocycles. The summed E-state index contributed by atoms with van der Waals surface area (Å²) in [6.07, 6.45) is 3.04. The monoisotopic (exact) mass is 503 g/mol. The average Bonchev–Trinajstić information content (AvgIpc) is 3.61. The number of halogens is 1. The maximum absolute atomic E-state index is 13.8. The van der Waals surface area contributed by atoms with Crippen LogP contribution in [0.1, 0.15) is 71.6 Å². The number of carbonyl (C=O) groups excluding carboxylic acids is 3. The molecule has 2 aromatic carbocycles. The highest BCUT2D eigenvalue weighted by atomic mass is 19.1. The molecule has 1 atom stereocenters. The molecule has 1 aromatic heterocycles. The Bertz CT molecular complexity index is 1350. The molecule has 1 fully saturated rings. The lowest BCUT2D eigenvalue weighted by Gasteiger charge is -2.44. The summed E-state index contributed by atoms with van der Waals surface area (Å²) in [7, 11) is 0. The van der Waals surface area contributed by atoms with Crippen LogP contribution in [-0.4, -0.2) is 43.8 Å². The molecule has 0 bridgehead atoms. The minimum absolute atomic E-state index is 0.0392. The molecule has 192 valence electrons. The summed E-state index contributed by atoms with van der Waals surface area (Å²) in [5, 5.41) is 5.73. The van der Waals surface area contributed by atoms with E-state index in [-0.39, 0.29) is 48.2 Å². The van der Waals surface area contributed by atoms with Gasteiger partial charge in [0.2, 0.25) is 5.91 Å². The van der Waals surface area contributed by atoms with Crippen molar-refractivity contribution in [2.75, 3.05) is 5.32 Å². The number of hydrogen-bond donors (Lipinski definition) is 2. The van der Waals surface area contributed by atoms with Crippen molar-refractivity contribution < 1.29 is 18.8 Å². The van der Waals surface area contributed by atoms with Gasteiger partial charge >= 0.3 is 0 Å². The summed E-state index contributed by atoms with van der Waals surface area (Å²) in [6, 6.07) is 13.4. The molecule has 1 saturated carbocycles. The predicted molar refractivity (Wildman–Crippen MR) is 137 cm³/mol. The second kappa shape index (κ2) is 9.46. The Morgan fingerprint density at radius 3 is 2.41 bits per heavy atom. The van der Waals surface area contributed by atoms with E-state index in [1.807, 2.05) is 24.3 Å². The Hall–Kier alpha value is -4.01. The molecule has 8 nitrogen and oxygen atoms in total. The molecular weight excluding hydrogens is 473 g/mol. The molecule has 3 amide bonds. The average molecular weight is 504 g/mol. The molecule has 0 spiro atoms. The van der Waals surface area contributed by atoms with Gasteiger partial charge in [0.05, 0.1) is 12.9 Å². The molecule has 1 aliphatic carbocycles. The van der Waals surface area contributed by atoms with Gasteiger partial charge in [-0.15, -0.1) is 0 Å². The molecule has 2 heterocycles. The number of aromatic nitrogens is 2. The number of imidazole rings is 1. The summed E-state index contributed by atoms with van der Waals surface area (Å²) >= 11 is 0. The minimum Gasteiger partial charge on any atom is -0.350 e. The third kappa shape index (κ3) is 4.73. The molecular formula is C28H30FN5O3. The quantitative estimate of drug-likeness (QED) is 0.508. The van der Waals surface area contributed by atoms with Crippen LogP contribution in [-0.2, 0) is 17.9 Å². The summed E-state index contributed by atoms with van der Waals surface area (Å²) in [6.45, 7) is 6.31. The van der Waals surface area contributed by atoms with Crippen molar-refractivity contribution in [1.82, 2.24) is 19.8 Å². The first-order chi connectivity index (χ1) is 17.7. The number of fused-ring (bicyclic) bond motifs is 1. The van der Waals surface area contributed by atoms with E-state index in [2.05, 4.69) is 29.5 Å². The fourth-order valence-electron chi connectivity index (χ4n) is 4.84. The molecule has 37 heavy (non-hydrogen) atoms. The molecule has 1 unspecified atom stereocenters. The second-order valence-electron chi connectivity index (χ2n) is 10.3. The smallest absolute Gasteiger partial charge is 0.276 e. The maximum Gasteiger partial charge on any atom is 0.276 e. The van der Waals surface area contributed by atoms with E-state index in [0.29, 0.717) is 11.6 Å². The van der Waals surface area contributed by atoms with E-state index in [0.717, 1.165) is 24.0 Å². The maximum atomic E-state index is 13.8. The number of rotatable bonds is 7. The van der Waals surface area contributed by atoms with Crippen LogP contribution in [0.2, 0.25) is 0 Å². The highest BCUT2D eigenvalue weighted by Crippen LogP contribution is 2.39. The van der Waals surface area contributed by atoms with E-state index in [4.69, 9.17) is 0 Å². The molecule has 9 heteroatoms. The van der Waals surface area contributed by atoms with E-state index in [9.17, 15) is 18.8 Å². The van der Waals surface area contributed by atoms with Crippen molar-refractivity contribution in [3.05, 3.63) is 83.2 Å². The lowest BCUT2D eigenvalue weighted by Crippen LogP contribution is -2.64. The standard InChI is InChI=1S/C28H30FN5O3/c1-17(2)19-6-10-21(11-7-19)32-25(35)23-24-26(36)34(22-12-13-22)28(3,15-33(24)16-31-23)27(37)30-14-18-4-8-20(29)9-5-18/h4-11,16-17,22H,12-15H2,1-3H3,(H,30,37)(H,32,35). The lowest BCUT2D eigenvalue weighted by atomic mass is 9.93. The van der Waals surface area contributed by atoms with Crippen molar-refractivity contribution >= 4 is 23.4 Å². The zero-order chi connectivity index (χ0) is 26.3. The SMILES string of the molecule is CC(C)c1ccc(NC(=O)c2ncn3c2C(=O)N(C2CC2)C(C)(C(=O)NCc2ccc(F)cc2)C3)cc1. The van der Waals surface area contributed by atoms with Gasteiger partial charge in [-0.1, -0.05) is 38.1 Å². The van der Waals surface area contributed by atoms with Crippen LogP contribution in [0.15, 0.2) is 54.9 Å². The van der Waals surface area contributed by atoms with Gasteiger partial charge in [0.1, 0.15) is 17.1 Å². The number of nitrogens with one attached hydrogen (secondary N) is 2. The summed E-state index contributed by atoms with van der Waals surface area (Å²) in [4.78, 5) is 46.2. The van der Waals surface area contributed by atoms with Crippen LogP contribution in [0.25, 0.3) is 0 Å². The van der Waals surface area contributed by atoms with Gasteiger partial charge in [0.15, 0.2) is 5.69 Å². The fourth-order valence-corrected chi connectivity index (χ4v) is 4.84. The highest BCUT2D eigenvalue weighted by molar-refractivity contribution is 6.11. The van der Waals surface area contributed by atoms with Gasteiger partial charge in [0, 0.05) is 18.3 Å².